The molecule has 0 radical (unpaired) electrons. The number of aromatic hydroxyl groups is 1. The molecule has 0 atom stereocenters. The zero-order chi connectivity index (χ0) is 11.3. The number of hydrogen-bond acceptors (Lipinski definition) is 2. The number of hydrogen-bond donors (Lipinski definition) is 1. The Bertz CT molecular complexity index is 372. The van der Waals surface area contributed by atoms with Crippen LogP contribution in [0.1, 0.15) is 19.4 Å². The van der Waals surface area contributed by atoms with Crippen LogP contribution in [0.15, 0.2) is 42.2 Å². The zero-order valence-corrected chi connectivity index (χ0v) is 9.32. The smallest absolute Gasteiger partial charge is 0.115 e. The van der Waals surface area contributed by atoms with E-state index in [1.54, 1.807) is 19.2 Å². The molecule has 1 N–H and O–H groups in total. The molecule has 0 bridgehead atoms. The van der Waals surface area contributed by atoms with Gasteiger partial charge in [0.05, 0.1) is 12.9 Å². The van der Waals surface area contributed by atoms with Crippen LogP contribution in [0.2, 0.25) is 0 Å². The minimum Gasteiger partial charge on any atom is -0.508 e. The molecule has 0 saturated carbocycles. The molecule has 0 aromatic heterocycles. The van der Waals surface area contributed by atoms with E-state index in [0.717, 1.165) is 16.9 Å². The van der Waals surface area contributed by atoms with Crippen molar-refractivity contribution in [2.75, 3.05) is 7.11 Å². The van der Waals surface area contributed by atoms with E-state index in [1.165, 1.54) is 0 Å². The fourth-order valence-corrected chi connectivity index (χ4v) is 1.13. The minimum absolute atomic E-state index is 0.287. The van der Waals surface area contributed by atoms with Gasteiger partial charge in [-0.3, -0.25) is 0 Å². The molecule has 0 unspecified atom stereocenters. The van der Waals surface area contributed by atoms with Crippen molar-refractivity contribution < 1.29 is 9.84 Å². The van der Waals surface area contributed by atoms with E-state index >= 15 is 0 Å². The summed E-state index contributed by atoms with van der Waals surface area (Å²) in [5.74, 6) is 1.16. The van der Waals surface area contributed by atoms with Gasteiger partial charge in [-0.05, 0) is 43.2 Å². The maximum Gasteiger partial charge on any atom is 0.115 e. The van der Waals surface area contributed by atoms with Crippen LogP contribution in [0.5, 0.6) is 5.75 Å². The van der Waals surface area contributed by atoms with Gasteiger partial charge < -0.3 is 9.84 Å². The Morgan fingerprint density at radius 3 is 2.27 bits per heavy atom. The van der Waals surface area contributed by atoms with Crippen molar-refractivity contribution >= 4 is 5.57 Å². The number of phenolic OH excluding ortho intramolecular Hbond substituents is 1. The van der Waals surface area contributed by atoms with Gasteiger partial charge in [-0.25, -0.2) is 0 Å². The first-order valence-electron chi connectivity index (χ1n) is 4.82. The highest BCUT2D eigenvalue weighted by molar-refractivity contribution is 5.65. The number of allylic oxidation sites excluding steroid dienone is 4. The fraction of sp³-hybridized carbons (Fsp3) is 0.231. The average molecular weight is 204 g/mol. The van der Waals surface area contributed by atoms with E-state index in [-0.39, 0.29) is 5.75 Å². The Morgan fingerprint density at radius 2 is 1.73 bits per heavy atom. The lowest BCUT2D eigenvalue weighted by atomic mass is 10.1. The first-order chi connectivity index (χ1) is 7.13. The van der Waals surface area contributed by atoms with E-state index in [4.69, 9.17) is 9.84 Å². The minimum atomic E-state index is 0.287. The molecule has 0 fully saturated rings. The lowest BCUT2D eigenvalue weighted by Crippen LogP contribution is -1.80. The van der Waals surface area contributed by atoms with Crippen molar-refractivity contribution in [3.05, 3.63) is 47.7 Å². The van der Waals surface area contributed by atoms with Crippen molar-refractivity contribution in [3.63, 3.8) is 0 Å². The Hall–Kier alpha value is -1.70. The SMILES string of the molecule is CO/C(C)=C/C=C(\C)c1ccc(O)cc1. The lowest BCUT2D eigenvalue weighted by Gasteiger charge is -2.01. The van der Waals surface area contributed by atoms with Crippen molar-refractivity contribution in [1.82, 2.24) is 0 Å². The van der Waals surface area contributed by atoms with E-state index in [0.29, 0.717) is 0 Å². The molecule has 0 amide bonds. The molecule has 0 aliphatic carbocycles. The molecule has 2 nitrogen and oxygen atoms in total. The van der Waals surface area contributed by atoms with Gasteiger partial charge in [-0.1, -0.05) is 18.2 Å². The first kappa shape index (κ1) is 11.4. The summed E-state index contributed by atoms with van der Waals surface area (Å²) in [6.07, 6.45) is 3.91. The summed E-state index contributed by atoms with van der Waals surface area (Å²) in [7, 11) is 1.65. The fourth-order valence-electron chi connectivity index (χ4n) is 1.13. The highest BCUT2D eigenvalue weighted by Gasteiger charge is 1.94. The molecule has 0 saturated heterocycles. The molecule has 80 valence electrons. The standard InChI is InChI=1S/C13H16O2/c1-10(4-5-11(2)15-3)12-6-8-13(14)9-7-12/h4-9,14H,1-3H3/b10-4+,11-5+. The number of rotatable bonds is 3. The van der Waals surface area contributed by atoms with Crippen LogP contribution in [0.25, 0.3) is 5.57 Å². The molecule has 15 heavy (non-hydrogen) atoms. The summed E-state index contributed by atoms with van der Waals surface area (Å²) in [5.41, 5.74) is 2.22. The maximum atomic E-state index is 9.14. The van der Waals surface area contributed by atoms with Gasteiger partial charge in [0.2, 0.25) is 0 Å². The quantitative estimate of drug-likeness (QED) is 0.604. The zero-order valence-electron chi connectivity index (χ0n) is 9.32. The summed E-state index contributed by atoms with van der Waals surface area (Å²) in [6, 6.07) is 7.13. The molecular formula is C13H16O2. The van der Waals surface area contributed by atoms with Crippen molar-refractivity contribution in [2.45, 2.75) is 13.8 Å². The van der Waals surface area contributed by atoms with Crippen LogP contribution in [-0.2, 0) is 4.74 Å². The predicted octanol–water partition coefficient (Wildman–Crippen LogP) is 3.35. The van der Waals surface area contributed by atoms with Crippen LogP contribution in [-0.4, -0.2) is 12.2 Å². The van der Waals surface area contributed by atoms with Gasteiger partial charge in [0, 0.05) is 0 Å². The number of phenols is 1. The van der Waals surface area contributed by atoms with E-state index in [2.05, 4.69) is 0 Å². The van der Waals surface area contributed by atoms with Crippen molar-refractivity contribution in [1.29, 1.82) is 0 Å². The second kappa shape index (κ2) is 5.25. The van der Waals surface area contributed by atoms with Gasteiger partial charge in [0.25, 0.3) is 0 Å². The first-order valence-corrected chi connectivity index (χ1v) is 4.82. The normalized spacial score (nSPS) is 12.7. The second-order valence-electron chi connectivity index (χ2n) is 3.38. The Morgan fingerprint density at radius 1 is 1.13 bits per heavy atom. The molecule has 1 aromatic rings. The molecular weight excluding hydrogens is 188 g/mol. The molecule has 0 aliphatic heterocycles. The molecule has 0 spiro atoms. The summed E-state index contributed by atoms with van der Waals surface area (Å²) in [4.78, 5) is 0. The third kappa shape index (κ3) is 3.50. The lowest BCUT2D eigenvalue weighted by molar-refractivity contribution is 0.294. The summed E-state index contributed by atoms with van der Waals surface area (Å²) >= 11 is 0. The largest absolute Gasteiger partial charge is 0.508 e. The molecule has 2 heteroatoms. The van der Waals surface area contributed by atoms with Crippen LogP contribution >= 0.6 is 0 Å². The summed E-state index contributed by atoms with van der Waals surface area (Å²) < 4.78 is 5.03. The number of methoxy groups -OCH3 is 1. The summed E-state index contributed by atoms with van der Waals surface area (Å²) in [6.45, 7) is 3.92. The van der Waals surface area contributed by atoms with Crippen LogP contribution in [0.3, 0.4) is 0 Å². The van der Waals surface area contributed by atoms with Crippen LogP contribution in [0.4, 0.5) is 0 Å². The third-order valence-electron chi connectivity index (χ3n) is 2.21. The number of benzene rings is 1. The monoisotopic (exact) mass is 204 g/mol. The third-order valence-corrected chi connectivity index (χ3v) is 2.21. The molecule has 0 aliphatic rings. The molecule has 0 heterocycles. The highest BCUT2D eigenvalue weighted by Crippen LogP contribution is 2.17. The van der Waals surface area contributed by atoms with E-state index in [9.17, 15) is 0 Å². The van der Waals surface area contributed by atoms with Crippen molar-refractivity contribution in [2.24, 2.45) is 0 Å². The van der Waals surface area contributed by atoms with Crippen LogP contribution < -0.4 is 0 Å². The van der Waals surface area contributed by atoms with Gasteiger partial charge in [0.1, 0.15) is 5.75 Å². The Balaban J connectivity index is 2.85. The van der Waals surface area contributed by atoms with E-state index < -0.39 is 0 Å². The van der Waals surface area contributed by atoms with Crippen molar-refractivity contribution in [3.8, 4) is 5.75 Å². The highest BCUT2D eigenvalue weighted by atomic mass is 16.5. The van der Waals surface area contributed by atoms with Gasteiger partial charge in [-0.2, -0.15) is 0 Å². The predicted molar refractivity (Wildman–Crippen MR) is 62.5 cm³/mol. The van der Waals surface area contributed by atoms with Gasteiger partial charge >= 0.3 is 0 Å². The second-order valence-corrected chi connectivity index (χ2v) is 3.38. The average Bonchev–Trinajstić information content (AvgIpc) is 2.26. The Kier molecular flexibility index (Phi) is 3.98. The Labute approximate surface area is 90.5 Å². The summed E-state index contributed by atoms with van der Waals surface area (Å²) in [5, 5.41) is 9.14. The van der Waals surface area contributed by atoms with Crippen LogP contribution in [0, 0.1) is 0 Å². The van der Waals surface area contributed by atoms with Gasteiger partial charge in [-0.15, -0.1) is 0 Å². The van der Waals surface area contributed by atoms with Gasteiger partial charge in [0.15, 0.2) is 0 Å². The number of ether oxygens (including phenoxy) is 1. The maximum absolute atomic E-state index is 9.14. The topological polar surface area (TPSA) is 29.5 Å². The van der Waals surface area contributed by atoms with E-state index in [1.807, 2.05) is 38.1 Å². The molecule has 1 rings (SSSR count). The molecule has 1 aromatic carbocycles.